The molecule has 0 N–H and O–H groups in total. The Labute approximate surface area is 143 Å². The second-order valence-corrected chi connectivity index (χ2v) is 5.60. The van der Waals surface area contributed by atoms with Gasteiger partial charge >= 0.3 is 5.97 Å². The van der Waals surface area contributed by atoms with E-state index in [1.54, 1.807) is 55.5 Å². The zero-order valence-corrected chi connectivity index (χ0v) is 13.8. The summed E-state index contributed by atoms with van der Waals surface area (Å²) in [6.07, 6.45) is -0.165. The summed E-state index contributed by atoms with van der Waals surface area (Å²) >= 11 is 6.25. The van der Waals surface area contributed by atoms with Gasteiger partial charge in [0.1, 0.15) is 11.3 Å². The number of benzene rings is 2. The number of esters is 1. The molecule has 0 atom stereocenters. The summed E-state index contributed by atoms with van der Waals surface area (Å²) in [6.45, 7) is 1.97. The van der Waals surface area contributed by atoms with Gasteiger partial charge in [0.15, 0.2) is 5.43 Å². The Balaban J connectivity index is 2.28. The van der Waals surface area contributed by atoms with Gasteiger partial charge < -0.3 is 9.15 Å². The monoisotopic (exact) mass is 342 g/mol. The van der Waals surface area contributed by atoms with Gasteiger partial charge in [-0.3, -0.25) is 9.59 Å². The van der Waals surface area contributed by atoms with Crippen LogP contribution in [0.1, 0.15) is 12.5 Å². The zero-order chi connectivity index (χ0) is 17.1. The number of carbonyl (C=O) groups is 1. The third-order valence-corrected chi connectivity index (χ3v) is 3.97. The van der Waals surface area contributed by atoms with Gasteiger partial charge in [0.25, 0.3) is 0 Å². The van der Waals surface area contributed by atoms with Gasteiger partial charge in [0, 0.05) is 5.56 Å². The predicted molar refractivity (Wildman–Crippen MR) is 93.3 cm³/mol. The van der Waals surface area contributed by atoms with Crippen LogP contribution in [0.2, 0.25) is 5.02 Å². The summed E-state index contributed by atoms with van der Waals surface area (Å²) in [6, 6.07) is 14.0. The molecule has 0 amide bonds. The van der Waals surface area contributed by atoms with E-state index >= 15 is 0 Å². The van der Waals surface area contributed by atoms with Gasteiger partial charge in [-0.2, -0.15) is 0 Å². The van der Waals surface area contributed by atoms with Gasteiger partial charge in [-0.25, -0.2) is 0 Å². The molecule has 0 bridgehead atoms. The van der Waals surface area contributed by atoms with Crippen LogP contribution in [-0.4, -0.2) is 12.6 Å². The fraction of sp³-hybridized carbons (Fsp3) is 0.158. The quantitative estimate of drug-likeness (QED) is 0.666. The standard InChI is InChI=1S/C19H15ClO4/c1-2-23-17(21)11-14-18(22)13-8-4-6-10-16(13)24-19(14)12-7-3-5-9-15(12)20/h3-10H,2,11H2,1H3. The first-order valence-corrected chi connectivity index (χ1v) is 7.95. The molecule has 0 aliphatic rings. The van der Waals surface area contributed by atoms with E-state index in [2.05, 4.69) is 0 Å². The molecule has 3 rings (SSSR count). The van der Waals surface area contributed by atoms with Crippen molar-refractivity contribution in [3.63, 3.8) is 0 Å². The molecule has 2 aromatic carbocycles. The molecule has 122 valence electrons. The molecule has 1 aromatic heterocycles. The minimum atomic E-state index is -0.478. The normalized spacial score (nSPS) is 10.8. The van der Waals surface area contributed by atoms with Crippen LogP contribution >= 0.6 is 11.6 Å². The van der Waals surface area contributed by atoms with Crippen molar-refractivity contribution in [3.05, 3.63) is 69.3 Å². The number of rotatable bonds is 4. The van der Waals surface area contributed by atoms with Crippen molar-refractivity contribution in [2.75, 3.05) is 6.61 Å². The third kappa shape index (κ3) is 3.05. The number of para-hydroxylation sites is 1. The first-order valence-electron chi connectivity index (χ1n) is 7.57. The summed E-state index contributed by atoms with van der Waals surface area (Å²) in [7, 11) is 0. The Bertz CT molecular complexity index is 959. The van der Waals surface area contributed by atoms with E-state index in [-0.39, 0.29) is 24.0 Å². The number of ether oxygens (including phenoxy) is 1. The van der Waals surface area contributed by atoms with Crippen LogP contribution in [0.4, 0.5) is 0 Å². The predicted octanol–water partition coefficient (Wildman–Crippen LogP) is 4.22. The number of carbonyl (C=O) groups excluding carboxylic acids is 1. The first-order chi connectivity index (χ1) is 11.6. The van der Waals surface area contributed by atoms with E-state index in [4.69, 9.17) is 20.8 Å². The van der Waals surface area contributed by atoms with Crippen molar-refractivity contribution in [2.24, 2.45) is 0 Å². The molecule has 5 heteroatoms. The Morgan fingerprint density at radius 3 is 2.58 bits per heavy atom. The minimum absolute atomic E-state index is 0.165. The van der Waals surface area contributed by atoms with Crippen molar-refractivity contribution in [3.8, 4) is 11.3 Å². The minimum Gasteiger partial charge on any atom is -0.466 e. The topological polar surface area (TPSA) is 56.5 Å². The fourth-order valence-electron chi connectivity index (χ4n) is 2.56. The molecule has 0 saturated carbocycles. The van der Waals surface area contributed by atoms with Crippen LogP contribution in [0.5, 0.6) is 0 Å². The number of hydrogen-bond donors (Lipinski definition) is 0. The van der Waals surface area contributed by atoms with Gasteiger partial charge in [0.05, 0.1) is 29.0 Å². The van der Waals surface area contributed by atoms with Gasteiger partial charge in [-0.15, -0.1) is 0 Å². The molecule has 0 saturated heterocycles. The van der Waals surface area contributed by atoms with Crippen LogP contribution in [0.25, 0.3) is 22.3 Å². The maximum absolute atomic E-state index is 12.9. The smallest absolute Gasteiger partial charge is 0.310 e. The highest BCUT2D eigenvalue weighted by Crippen LogP contribution is 2.31. The van der Waals surface area contributed by atoms with Crippen molar-refractivity contribution in [1.82, 2.24) is 0 Å². The van der Waals surface area contributed by atoms with Crippen molar-refractivity contribution < 1.29 is 13.9 Å². The maximum Gasteiger partial charge on any atom is 0.310 e. The number of hydrogen-bond acceptors (Lipinski definition) is 4. The highest BCUT2D eigenvalue weighted by molar-refractivity contribution is 6.33. The molecular weight excluding hydrogens is 328 g/mol. The molecule has 0 aliphatic heterocycles. The van der Waals surface area contributed by atoms with E-state index in [0.717, 1.165) is 0 Å². The van der Waals surface area contributed by atoms with Crippen LogP contribution in [0, 0.1) is 0 Å². The van der Waals surface area contributed by atoms with Crippen molar-refractivity contribution in [2.45, 2.75) is 13.3 Å². The molecule has 0 fully saturated rings. The van der Waals surface area contributed by atoms with Crippen LogP contribution in [0.15, 0.2) is 57.7 Å². The summed E-state index contributed by atoms with van der Waals surface area (Å²) in [4.78, 5) is 24.8. The summed E-state index contributed by atoms with van der Waals surface area (Å²) in [5.41, 5.74) is 1.02. The maximum atomic E-state index is 12.9. The number of fused-ring (bicyclic) bond motifs is 1. The van der Waals surface area contributed by atoms with E-state index in [1.165, 1.54) is 0 Å². The molecular formula is C19H15ClO4. The Morgan fingerprint density at radius 2 is 1.83 bits per heavy atom. The summed E-state index contributed by atoms with van der Waals surface area (Å²) in [5.74, 6) is -0.175. The zero-order valence-electron chi connectivity index (χ0n) is 13.0. The fourth-order valence-corrected chi connectivity index (χ4v) is 2.78. The van der Waals surface area contributed by atoms with Gasteiger partial charge in [-0.1, -0.05) is 35.9 Å². The van der Waals surface area contributed by atoms with Crippen LogP contribution in [-0.2, 0) is 16.0 Å². The van der Waals surface area contributed by atoms with Crippen molar-refractivity contribution >= 4 is 28.5 Å². The molecule has 24 heavy (non-hydrogen) atoms. The average Bonchev–Trinajstić information content (AvgIpc) is 2.58. The van der Waals surface area contributed by atoms with Crippen LogP contribution in [0.3, 0.4) is 0 Å². The van der Waals surface area contributed by atoms with Crippen molar-refractivity contribution in [1.29, 1.82) is 0 Å². The Morgan fingerprint density at radius 1 is 1.12 bits per heavy atom. The highest BCUT2D eigenvalue weighted by atomic mass is 35.5. The second kappa shape index (κ2) is 6.89. The lowest BCUT2D eigenvalue weighted by Crippen LogP contribution is -2.17. The van der Waals surface area contributed by atoms with Gasteiger partial charge in [-0.05, 0) is 31.2 Å². The first kappa shape index (κ1) is 16.3. The highest BCUT2D eigenvalue weighted by Gasteiger charge is 2.20. The van der Waals surface area contributed by atoms with E-state index in [0.29, 0.717) is 27.3 Å². The lowest BCUT2D eigenvalue weighted by molar-refractivity contribution is -0.142. The lowest BCUT2D eigenvalue weighted by Gasteiger charge is -2.11. The summed E-state index contributed by atoms with van der Waals surface area (Å²) in [5, 5.41) is 0.869. The molecule has 3 aromatic rings. The largest absolute Gasteiger partial charge is 0.466 e. The molecule has 0 radical (unpaired) electrons. The Hall–Kier alpha value is -2.59. The van der Waals surface area contributed by atoms with Crippen LogP contribution < -0.4 is 5.43 Å². The van der Waals surface area contributed by atoms with Gasteiger partial charge in [0.2, 0.25) is 0 Å². The Kier molecular flexibility index (Phi) is 4.67. The molecule has 4 nitrogen and oxygen atoms in total. The third-order valence-electron chi connectivity index (χ3n) is 3.64. The molecule has 0 unspecified atom stereocenters. The average molecular weight is 343 g/mol. The second-order valence-electron chi connectivity index (χ2n) is 5.20. The molecule has 0 aliphatic carbocycles. The van der Waals surface area contributed by atoms with E-state index in [9.17, 15) is 9.59 Å². The van der Waals surface area contributed by atoms with E-state index in [1.807, 2.05) is 0 Å². The molecule has 0 spiro atoms. The molecule has 1 heterocycles. The summed E-state index contributed by atoms with van der Waals surface area (Å²) < 4.78 is 10.9. The lowest BCUT2D eigenvalue weighted by atomic mass is 10.0. The number of halogens is 1. The SMILES string of the molecule is CCOC(=O)Cc1c(-c2ccccc2Cl)oc2ccccc2c1=O. The van der Waals surface area contributed by atoms with E-state index < -0.39 is 5.97 Å².